The number of aryl methyl sites for hydroxylation is 1. The van der Waals surface area contributed by atoms with Gasteiger partial charge in [0.25, 0.3) is 0 Å². The van der Waals surface area contributed by atoms with E-state index in [1.807, 2.05) is 24.5 Å². The number of aromatic nitrogens is 3. The number of nitrogens with zero attached hydrogens (tertiary/aromatic N) is 3. The Labute approximate surface area is 106 Å². The smallest absolute Gasteiger partial charge is 0.134 e. The van der Waals surface area contributed by atoms with E-state index in [-0.39, 0.29) is 0 Å². The van der Waals surface area contributed by atoms with Gasteiger partial charge in [0, 0.05) is 18.0 Å². The molecule has 0 fully saturated rings. The van der Waals surface area contributed by atoms with Crippen molar-refractivity contribution in [3.63, 3.8) is 0 Å². The molecular formula is C14H14N4. The van der Waals surface area contributed by atoms with E-state index in [1.54, 1.807) is 6.33 Å². The van der Waals surface area contributed by atoms with Crippen LogP contribution in [0.15, 0.2) is 30.9 Å². The Morgan fingerprint density at radius 3 is 2.67 bits per heavy atom. The fourth-order valence-corrected chi connectivity index (χ4v) is 2.53. The maximum absolute atomic E-state index is 5.97. The first-order valence-electron chi connectivity index (χ1n) is 5.97. The predicted octanol–water partition coefficient (Wildman–Crippen LogP) is 2.33. The molecule has 0 atom stereocenters. The fraction of sp³-hybridized carbons (Fsp3) is 0.214. The summed E-state index contributed by atoms with van der Waals surface area (Å²) in [5, 5.41) is 0. The minimum absolute atomic E-state index is 0.573. The van der Waals surface area contributed by atoms with Gasteiger partial charge in [-0.05, 0) is 48.6 Å². The van der Waals surface area contributed by atoms with Crippen LogP contribution in [0.3, 0.4) is 0 Å². The van der Waals surface area contributed by atoms with Crippen LogP contribution in [0.1, 0.15) is 30.2 Å². The minimum atomic E-state index is 0.573. The average Bonchev–Trinajstić information content (AvgIpc) is 2.40. The highest BCUT2D eigenvalue weighted by atomic mass is 14.9. The summed E-state index contributed by atoms with van der Waals surface area (Å²) >= 11 is 0. The molecule has 0 spiro atoms. The van der Waals surface area contributed by atoms with Gasteiger partial charge in [0.1, 0.15) is 12.1 Å². The number of nitrogen functional groups attached to an aromatic ring is 1. The lowest BCUT2D eigenvalue weighted by molar-refractivity contribution is 0.914. The topological polar surface area (TPSA) is 64.7 Å². The van der Waals surface area contributed by atoms with Gasteiger partial charge in [-0.1, -0.05) is 0 Å². The Morgan fingerprint density at radius 2 is 1.89 bits per heavy atom. The number of pyridine rings is 1. The molecule has 2 heterocycles. The van der Waals surface area contributed by atoms with Gasteiger partial charge in [0.15, 0.2) is 0 Å². The largest absolute Gasteiger partial charge is 0.383 e. The summed E-state index contributed by atoms with van der Waals surface area (Å²) in [6, 6.07) is 4.06. The molecule has 0 bridgehead atoms. The van der Waals surface area contributed by atoms with Crippen molar-refractivity contribution in [2.45, 2.75) is 19.8 Å². The Morgan fingerprint density at radius 1 is 1.11 bits per heavy atom. The number of hydrogen-bond acceptors (Lipinski definition) is 4. The van der Waals surface area contributed by atoms with E-state index >= 15 is 0 Å². The van der Waals surface area contributed by atoms with E-state index in [4.69, 9.17) is 5.73 Å². The van der Waals surface area contributed by atoms with Crippen molar-refractivity contribution in [3.05, 3.63) is 47.7 Å². The molecule has 4 heteroatoms. The highest BCUT2D eigenvalue weighted by molar-refractivity contribution is 5.94. The van der Waals surface area contributed by atoms with Crippen LogP contribution < -0.4 is 5.73 Å². The summed E-state index contributed by atoms with van der Waals surface area (Å²) in [5.41, 5.74) is 11.7. The fourth-order valence-electron chi connectivity index (χ4n) is 2.53. The van der Waals surface area contributed by atoms with E-state index in [0.717, 1.165) is 24.1 Å². The molecule has 0 aromatic carbocycles. The first-order chi connectivity index (χ1) is 8.77. The van der Waals surface area contributed by atoms with Crippen LogP contribution in [-0.2, 0) is 6.42 Å². The second-order valence-corrected chi connectivity index (χ2v) is 4.42. The summed E-state index contributed by atoms with van der Waals surface area (Å²) in [7, 11) is 0. The molecule has 0 amide bonds. The number of anilines is 1. The normalized spacial score (nSPS) is 14.5. The van der Waals surface area contributed by atoms with Crippen molar-refractivity contribution >= 4 is 17.0 Å². The van der Waals surface area contributed by atoms with Crippen LogP contribution in [0.4, 0.5) is 5.82 Å². The first kappa shape index (κ1) is 10.9. The van der Waals surface area contributed by atoms with Gasteiger partial charge in [-0.3, -0.25) is 4.98 Å². The highest BCUT2D eigenvalue weighted by Gasteiger charge is 2.20. The molecule has 2 aromatic heterocycles. The van der Waals surface area contributed by atoms with Crippen molar-refractivity contribution in [2.75, 3.05) is 5.73 Å². The quantitative estimate of drug-likeness (QED) is 0.828. The average molecular weight is 238 g/mol. The lowest BCUT2D eigenvalue weighted by Crippen LogP contribution is -2.09. The van der Waals surface area contributed by atoms with Crippen LogP contribution in [-0.4, -0.2) is 15.0 Å². The molecule has 2 N–H and O–H groups in total. The van der Waals surface area contributed by atoms with Gasteiger partial charge in [-0.15, -0.1) is 0 Å². The third kappa shape index (κ3) is 1.66. The molecule has 0 unspecified atom stereocenters. The maximum Gasteiger partial charge on any atom is 0.134 e. The summed E-state index contributed by atoms with van der Waals surface area (Å²) in [5.74, 6) is 0.573. The summed E-state index contributed by atoms with van der Waals surface area (Å²) in [4.78, 5) is 12.5. The van der Waals surface area contributed by atoms with Gasteiger partial charge in [-0.25, -0.2) is 9.97 Å². The van der Waals surface area contributed by atoms with Gasteiger partial charge in [0.05, 0.1) is 5.69 Å². The lowest BCUT2D eigenvalue weighted by Gasteiger charge is -2.21. The molecular weight excluding hydrogens is 224 g/mol. The highest BCUT2D eigenvalue weighted by Crippen LogP contribution is 2.37. The zero-order chi connectivity index (χ0) is 12.5. The summed E-state index contributed by atoms with van der Waals surface area (Å²) < 4.78 is 0. The molecule has 0 saturated heterocycles. The molecule has 0 saturated carbocycles. The zero-order valence-electron chi connectivity index (χ0n) is 10.2. The maximum atomic E-state index is 5.97. The molecule has 0 radical (unpaired) electrons. The molecule has 4 nitrogen and oxygen atoms in total. The van der Waals surface area contributed by atoms with Crippen molar-refractivity contribution < 1.29 is 0 Å². The van der Waals surface area contributed by atoms with Gasteiger partial charge < -0.3 is 5.73 Å². The molecule has 2 aromatic rings. The number of fused-ring (bicyclic) bond motifs is 1. The minimum Gasteiger partial charge on any atom is -0.383 e. The Balaban J connectivity index is 2.19. The first-order valence-corrected chi connectivity index (χ1v) is 5.97. The van der Waals surface area contributed by atoms with E-state index in [2.05, 4.69) is 21.9 Å². The number of allylic oxidation sites excluding steroid dienone is 2. The van der Waals surface area contributed by atoms with Crippen LogP contribution in [0.2, 0.25) is 0 Å². The Bertz CT molecular complexity index is 617. The lowest BCUT2D eigenvalue weighted by atomic mass is 9.86. The Kier molecular flexibility index (Phi) is 2.55. The summed E-state index contributed by atoms with van der Waals surface area (Å²) in [6.45, 7) is 2.09. The second kappa shape index (κ2) is 4.22. The van der Waals surface area contributed by atoms with E-state index in [9.17, 15) is 0 Å². The summed E-state index contributed by atoms with van der Waals surface area (Å²) in [6.07, 6.45) is 7.07. The van der Waals surface area contributed by atoms with Crippen molar-refractivity contribution in [1.29, 1.82) is 0 Å². The van der Waals surface area contributed by atoms with Crippen molar-refractivity contribution in [2.24, 2.45) is 0 Å². The third-order valence-corrected chi connectivity index (χ3v) is 3.42. The van der Waals surface area contributed by atoms with Crippen LogP contribution in [0.5, 0.6) is 0 Å². The van der Waals surface area contributed by atoms with Crippen molar-refractivity contribution in [3.8, 4) is 0 Å². The van der Waals surface area contributed by atoms with E-state index in [1.165, 1.54) is 16.7 Å². The number of rotatable bonds is 1. The molecule has 3 rings (SSSR count). The molecule has 90 valence electrons. The third-order valence-electron chi connectivity index (χ3n) is 3.42. The van der Waals surface area contributed by atoms with E-state index in [0.29, 0.717) is 5.82 Å². The molecule has 1 aliphatic rings. The number of hydrogen-bond donors (Lipinski definition) is 1. The SMILES string of the molecule is CC1=C(c2ccncc2)CCc2ncnc(N)c21. The molecule has 0 aliphatic heterocycles. The van der Waals surface area contributed by atoms with Crippen LogP contribution in [0.25, 0.3) is 11.1 Å². The standard InChI is InChI=1S/C14H14N4/c1-9-11(10-4-6-16-7-5-10)2-3-12-13(9)14(15)18-8-17-12/h4-8H,2-3H2,1H3,(H2,15,17,18). The number of nitrogens with two attached hydrogens (primary N) is 1. The van der Waals surface area contributed by atoms with Gasteiger partial charge >= 0.3 is 0 Å². The predicted molar refractivity (Wildman–Crippen MR) is 71.5 cm³/mol. The Hall–Kier alpha value is -2.23. The van der Waals surface area contributed by atoms with E-state index < -0.39 is 0 Å². The van der Waals surface area contributed by atoms with Gasteiger partial charge in [-0.2, -0.15) is 0 Å². The molecule has 18 heavy (non-hydrogen) atoms. The van der Waals surface area contributed by atoms with Crippen molar-refractivity contribution in [1.82, 2.24) is 15.0 Å². The second-order valence-electron chi connectivity index (χ2n) is 4.42. The molecule has 1 aliphatic carbocycles. The monoisotopic (exact) mass is 238 g/mol. The van der Waals surface area contributed by atoms with Crippen LogP contribution >= 0.6 is 0 Å². The van der Waals surface area contributed by atoms with Gasteiger partial charge in [0.2, 0.25) is 0 Å². The van der Waals surface area contributed by atoms with Crippen LogP contribution in [0, 0.1) is 0 Å². The zero-order valence-corrected chi connectivity index (χ0v) is 10.2.